The topological polar surface area (TPSA) is 42.8 Å². The van der Waals surface area contributed by atoms with E-state index in [1.54, 1.807) is 0 Å². The zero-order valence-corrected chi connectivity index (χ0v) is 20.4. The summed E-state index contributed by atoms with van der Waals surface area (Å²) in [6.07, 6.45) is 4.18. The van der Waals surface area contributed by atoms with Crippen molar-refractivity contribution in [3.8, 4) is 22.6 Å². The van der Waals surface area contributed by atoms with Crippen molar-refractivity contribution in [3.05, 3.63) is 65.7 Å². The van der Waals surface area contributed by atoms with E-state index in [0.29, 0.717) is 19.4 Å². The molecule has 7 heteroatoms. The Balaban J connectivity index is 1.18. The summed E-state index contributed by atoms with van der Waals surface area (Å²) < 4.78 is 29.2. The van der Waals surface area contributed by atoms with Crippen molar-refractivity contribution in [2.75, 3.05) is 53.0 Å². The van der Waals surface area contributed by atoms with Crippen LogP contribution < -0.4 is 4.74 Å². The van der Waals surface area contributed by atoms with E-state index in [0.717, 1.165) is 92.0 Å². The molecule has 0 N–H and O–H groups in total. The molecule has 2 fully saturated rings. The molecule has 2 saturated heterocycles. The van der Waals surface area contributed by atoms with Gasteiger partial charge in [-0.25, -0.2) is 9.37 Å². The van der Waals surface area contributed by atoms with Crippen LogP contribution in [-0.2, 0) is 23.4 Å². The highest BCUT2D eigenvalue weighted by atomic mass is 19.1. The Morgan fingerprint density at radius 2 is 1.71 bits per heavy atom. The van der Waals surface area contributed by atoms with Gasteiger partial charge < -0.3 is 14.4 Å². The molecule has 6 nitrogen and oxygen atoms in total. The van der Waals surface area contributed by atoms with Crippen molar-refractivity contribution < 1.29 is 13.9 Å². The predicted molar refractivity (Wildman–Crippen MR) is 134 cm³/mol. The third-order valence-corrected chi connectivity index (χ3v) is 7.71. The van der Waals surface area contributed by atoms with Crippen LogP contribution in [0.5, 0.6) is 5.75 Å². The number of alkyl halides is 1. The Hall–Kier alpha value is -2.74. The minimum Gasteiger partial charge on any atom is -0.483 e. The highest BCUT2D eigenvalue weighted by Gasteiger charge is 2.35. The SMILES string of the molecule is CN1CCC(F)(c2ccc(-c3ccc4c(c3)OCc3nc(CCN5CCOCC5)cn3-4)cc2)CC1. The highest BCUT2D eigenvalue weighted by Crippen LogP contribution is 2.38. The highest BCUT2D eigenvalue weighted by molar-refractivity contribution is 5.69. The van der Waals surface area contributed by atoms with Crippen LogP contribution in [0.4, 0.5) is 4.39 Å². The van der Waals surface area contributed by atoms with Crippen LogP contribution in [-0.4, -0.2) is 72.3 Å². The Bertz CT molecular complexity index is 1180. The maximum atomic E-state index is 15.5. The monoisotopic (exact) mass is 476 g/mol. The van der Waals surface area contributed by atoms with Gasteiger partial charge in [0.2, 0.25) is 0 Å². The van der Waals surface area contributed by atoms with Crippen molar-refractivity contribution in [2.45, 2.75) is 31.5 Å². The normalized spacial score (nSPS) is 20.2. The number of hydrogen-bond donors (Lipinski definition) is 0. The summed E-state index contributed by atoms with van der Waals surface area (Å²) in [5, 5.41) is 0. The zero-order chi connectivity index (χ0) is 23.8. The second kappa shape index (κ2) is 9.37. The van der Waals surface area contributed by atoms with Crippen LogP contribution in [0.25, 0.3) is 16.8 Å². The van der Waals surface area contributed by atoms with Crippen LogP contribution in [0, 0.1) is 0 Å². The molecule has 3 aromatic rings. The number of imidazole rings is 1. The number of aromatic nitrogens is 2. The number of ether oxygens (including phenoxy) is 2. The molecule has 0 unspecified atom stereocenters. The van der Waals surface area contributed by atoms with E-state index in [2.05, 4.69) is 45.8 Å². The number of halogens is 1. The summed E-state index contributed by atoms with van der Waals surface area (Å²) in [6, 6.07) is 14.3. The van der Waals surface area contributed by atoms with Crippen LogP contribution in [0.2, 0.25) is 0 Å². The maximum Gasteiger partial charge on any atom is 0.151 e. The van der Waals surface area contributed by atoms with Gasteiger partial charge in [0.1, 0.15) is 18.0 Å². The van der Waals surface area contributed by atoms with E-state index in [-0.39, 0.29) is 0 Å². The smallest absolute Gasteiger partial charge is 0.151 e. The molecular weight excluding hydrogens is 443 g/mol. The second-order valence-corrected chi connectivity index (χ2v) is 10.0. The van der Waals surface area contributed by atoms with Crippen molar-refractivity contribution in [2.24, 2.45) is 0 Å². The molecule has 0 atom stereocenters. The number of nitrogens with zero attached hydrogens (tertiary/aromatic N) is 4. The number of benzene rings is 2. The van der Waals surface area contributed by atoms with E-state index < -0.39 is 5.67 Å². The molecule has 0 bridgehead atoms. The van der Waals surface area contributed by atoms with Crippen molar-refractivity contribution in [1.29, 1.82) is 0 Å². The molecule has 0 spiro atoms. The molecule has 3 aliphatic rings. The molecule has 3 aliphatic heterocycles. The Morgan fingerprint density at radius 1 is 0.971 bits per heavy atom. The first-order valence-corrected chi connectivity index (χ1v) is 12.7. The molecule has 6 rings (SSSR count). The summed E-state index contributed by atoms with van der Waals surface area (Å²) in [7, 11) is 2.06. The minimum atomic E-state index is -1.22. The van der Waals surface area contributed by atoms with Crippen LogP contribution in [0.3, 0.4) is 0 Å². The average Bonchev–Trinajstić information content (AvgIpc) is 3.33. The lowest BCUT2D eigenvalue weighted by Crippen LogP contribution is -2.37. The molecular formula is C28H33FN4O2. The van der Waals surface area contributed by atoms with Gasteiger partial charge in [0, 0.05) is 45.3 Å². The van der Waals surface area contributed by atoms with E-state index in [9.17, 15) is 0 Å². The van der Waals surface area contributed by atoms with Gasteiger partial charge in [-0.05, 0) is 48.7 Å². The molecule has 0 aliphatic carbocycles. The molecule has 35 heavy (non-hydrogen) atoms. The Labute approximate surface area is 206 Å². The van der Waals surface area contributed by atoms with Crippen molar-refractivity contribution in [1.82, 2.24) is 19.4 Å². The third kappa shape index (κ3) is 4.60. The van der Waals surface area contributed by atoms with Gasteiger partial charge >= 0.3 is 0 Å². The number of likely N-dealkylation sites (tertiary alicyclic amines) is 1. The van der Waals surface area contributed by atoms with Gasteiger partial charge in [-0.2, -0.15) is 0 Å². The van der Waals surface area contributed by atoms with Crippen molar-refractivity contribution >= 4 is 0 Å². The summed E-state index contributed by atoms with van der Waals surface area (Å²) in [4.78, 5) is 9.45. The first-order valence-electron chi connectivity index (χ1n) is 12.7. The lowest BCUT2D eigenvalue weighted by molar-refractivity contribution is 0.0383. The van der Waals surface area contributed by atoms with Crippen LogP contribution >= 0.6 is 0 Å². The number of fused-ring (bicyclic) bond motifs is 3. The van der Waals surface area contributed by atoms with Crippen LogP contribution in [0.1, 0.15) is 29.9 Å². The van der Waals surface area contributed by atoms with Gasteiger partial charge in [0.05, 0.1) is 24.6 Å². The standard InChI is InChI=1S/C28H33FN4O2/c1-31-12-9-28(29,10-13-31)23-5-2-21(3-6-23)22-4-7-25-26(18-22)35-20-27-30-24(19-33(25)27)8-11-32-14-16-34-17-15-32/h2-7,18-19H,8-17,20H2,1H3. The lowest BCUT2D eigenvalue weighted by atomic mass is 9.85. The summed E-state index contributed by atoms with van der Waals surface area (Å²) in [6.45, 7) is 6.68. The number of hydrogen-bond acceptors (Lipinski definition) is 5. The van der Waals surface area contributed by atoms with E-state index >= 15 is 4.39 Å². The predicted octanol–water partition coefficient (Wildman–Crippen LogP) is 4.20. The average molecular weight is 477 g/mol. The second-order valence-electron chi connectivity index (χ2n) is 10.0. The first-order chi connectivity index (χ1) is 17.1. The fourth-order valence-electron chi connectivity index (χ4n) is 5.37. The van der Waals surface area contributed by atoms with E-state index in [1.807, 2.05) is 24.3 Å². The van der Waals surface area contributed by atoms with Gasteiger partial charge in [-0.3, -0.25) is 9.47 Å². The zero-order valence-electron chi connectivity index (χ0n) is 20.4. The summed E-state index contributed by atoms with van der Waals surface area (Å²) in [5.41, 5.74) is 3.82. The van der Waals surface area contributed by atoms with E-state index in [4.69, 9.17) is 14.5 Å². The van der Waals surface area contributed by atoms with Gasteiger partial charge in [0.15, 0.2) is 5.82 Å². The summed E-state index contributed by atoms with van der Waals surface area (Å²) >= 11 is 0. The quantitative estimate of drug-likeness (QED) is 0.552. The summed E-state index contributed by atoms with van der Waals surface area (Å²) in [5.74, 6) is 1.80. The third-order valence-electron chi connectivity index (χ3n) is 7.71. The molecule has 0 saturated carbocycles. The largest absolute Gasteiger partial charge is 0.483 e. The van der Waals surface area contributed by atoms with Gasteiger partial charge in [-0.15, -0.1) is 0 Å². The van der Waals surface area contributed by atoms with Gasteiger partial charge in [-0.1, -0.05) is 30.3 Å². The molecule has 4 heterocycles. The fourth-order valence-corrected chi connectivity index (χ4v) is 5.37. The van der Waals surface area contributed by atoms with Crippen molar-refractivity contribution in [3.63, 3.8) is 0 Å². The molecule has 2 aromatic carbocycles. The Kier molecular flexibility index (Phi) is 6.08. The molecule has 0 radical (unpaired) electrons. The molecule has 0 amide bonds. The number of rotatable bonds is 5. The Morgan fingerprint density at radius 3 is 2.49 bits per heavy atom. The van der Waals surface area contributed by atoms with Crippen LogP contribution in [0.15, 0.2) is 48.7 Å². The fraction of sp³-hybridized carbons (Fsp3) is 0.464. The molecule has 1 aromatic heterocycles. The minimum absolute atomic E-state index is 0.464. The lowest BCUT2D eigenvalue weighted by Gasteiger charge is -2.34. The number of piperidine rings is 1. The van der Waals surface area contributed by atoms with E-state index in [1.165, 1.54) is 0 Å². The number of morpholine rings is 1. The van der Waals surface area contributed by atoms with Gasteiger partial charge in [0.25, 0.3) is 0 Å². The first kappa shape index (κ1) is 22.7. The maximum absolute atomic E-state index is 15.5. The molecule has 184 valence electrons.